The summed E-state index contributed by atoms with van der Waals surface area (Å²) in [5.41, 5.74) is 7.63. The largest absolute Gasteiger partial charge is 0.494 e. The maximum Gasteiger partial charge on any atom is 0.119 e. The molecule has 0 radical (unpaired) electrons. The van der Waals surface area contributed by atoms with Gasteiger partial charge in [0.1, 0.15) is 5.75 Å². The van der Waals surface area contributed by atoms with E-state index in [0.29, 0.717) is 5.92 Å². The predicted octanol–water partition coefficient (Wildman–Crippen LogP) is 2.79. The first-order valence-electron chi connectivity index (χ1n) is 8.11. The van der Waals surface area contributed by atoms with Crippen LogP contribution in [0.5, 0.6) is 5.75 Å². The lowest BCUT2D eigenvalue weighted by Gasteiger charge is -2.17. The number of hydrazine groups is 1. The first kappa shape index (κ1) is 16.3. The van der Waals surface area contributed by atoms with Gasteiger partial charge in [-0.1, -0.05) is 45.2 Å². The molecule has 1 heterocycles. The summed E-state index contributed by atoms with van der Waals surface area (Å²) >= 11 is 0. The molecule has 1 fully saturated rings. The Labute approximate surface area is 127 Å². The third-order valence-corrected chi connectivity index (χ3v) is 4.29. The Bertz CT molecular complexity index is 408. The van der Waals surface area contributed by atoms with E-state index >= 15 is 0 Å². The third kappa shape index (κ3) is 4.43. The zero-order valence-electron chi connectivity index (χ0n) is 13.1. The predicted molar refractivity (Wildman–Crippen MR) is 85.1 cm³/mol. The highest BCUT2D eigenvalue weighted by Gasteiger charge is 2.32. The molecule has 0 aliphatic carbocycles. The van der Waals surface area contributed by atoms with E-state index in [-0.39, 0.29) is 18.7 Å². The molecule has 2 rings (SSSR count). The number of benzene rings is 1. The van der Waals surface area contributed by atoms with Crippen molar-refractivity contribution in [1.29, 1.82) is 0 Å². The van der Waals surface area contributed by atoms with Crippen molar-refractivity contribution in [2.45, 2.75) is 51.6 Å². The second-order valence-corrected chi connectivity index (χ2v) is 5.89. The van der Waals surface area contributed by atoms with Gasteiger partial charge in [-0.05, 0) is 30.0 Å². The quantitative estimate of drug-likeness (QED) is 0.645. The van der Waals surface area contributed by atoms with E-state index in [9.17, 15) is 5.11 Å². The summed E-state index contributed by atoms with van der Waals surface area (Å²) < 4.78 is 5.76. The van der Waals surface area contributed by atoms with Crippen LogP contribution in [0.1, 0.15) is 51.1 Å². The van der Waals surface area contributed by atoms with Crippen LogP contribution in [0, 0.1) is 5.92 Å². The molecule has 1 aliphatic heterocycles. The maximum atomic E-state index is 9.28. The van der Waals surface area contributed by atoms with Gasteiger partial charge < -0.3 is 9.84 Å². The van der Waals surface area contributed by atoms with Crippen molar-refractivity contribution in [1.82, 2.24) is 10.9 Å². The summed E-state index contributed by atoms with van der Waals surface area (Å²) in [6.45, 7) is 5.32. The lowest BCUT2D eigenvalue weighted by molar-refractivity contribution is 0.228. The number of ether oxygens (including phenoxy) is 1. The van der Waals surface area contributed by atoms with E-state index in [0.717, 1.165) is 18.8 Å². The smallest absolute Gasteiger partial charge is 0.119 e. The summed E-state index contributed by atoms with van der Waals surface area (Å²) in [6.07, 6.45) is 4.90. The molecule has 3 N–H and O–H groups in total. The maximum absolute atomic E-state index is 9.28. The molecule has 0 aromatic heterocycles. The number of hydrogen-bond donors (Lipinski definition) is 3. The Hall–Kier alpha value is -1.10. The number of aliphatic hydroxyl groups is 1. The second kappa shape index (κ2) is 8.37. The normalized spacial score (nSPS) is 25.2. The fourth-order valence-corrected chi connectivity index (χ4v) is 2.78. The fourth-order valence-electron chi connectivity index (χ4n) is 2.78. The molecule has 3 unspecified atom stereocenters. The van der Waals surface area contributed by atoms with Gasteiger partial charge in [-0.3, -0.25) is 5.43 Å². The van der Waals surface area contributed by atoms with E-state index in [1.165, 1.54) is 24.8 Å². The molecule has 3 atom stereocenters. The van der Waals surface area contributed by atoms with Crippen LogP contribution in [0.15, 0.2) is 24.3 Å². The highest BCUT2D eigenvalue weighted by Crippen LogP contribution is 2.29. The molecule has 4 nitrogen and oxygen atoms in total. The van der Waals surface area contributed by atoms with Gasteiger partial charge in [0.2, 0.25) is 0 Å². The Kier molecular flexibility index (Phi) is 6.49. The van der Waals surface area contributed by atoms with E-state index in [4.69, 9.17) is 4.74 Å². The zero-order chi connectivity index (χ0) is 15.1. The average molecular weight is 292 g/mol. The van der Waals surface area contributed by atoms with Gasteiger partial charge in [0, 0.05) is 6.04 Å². The Morgan fingerprint density at radius 1 is 1.10 bits per heavy atom. The summed E-state index contributed by atoms with van der Waals surface area (Å²) in [7, 11) is 0. The van der Waals surface area contributed by atoms with Crippen molar-refractivity contribution < 1.29 is 9.84 Å². The molecule has 1 aliphatic rings. The van der Waals surface area contributed by atoms with Crippen LogP contribution in [0.3, 0.4) is 0 Å². The van der Waals surface area contributed by atoms with Crippen molar-refractivity contribution in [3.8, 4) is 5.75 Å². The number of nitrogens with one attached hydrogen (secondary N) is 2. The minimum atomic E-state index is 0.115. The topological polar surface area (TPSA) is 53.5 Å². The summed E-state index contributed by atoms with van der Waals surface area (Å²) in [4.78, 5) is 0. The number of unbranched alkanes of at least 4 members (excludes halogenated alkanes) is 3. The number of hydrogen-bond acceptors (Lipinski definition) is 4. The minimum absolute atomic E-state index is 0.115. The molecule has 118 valence electrons. The molecule has 0 amide bonds. The van der Waals surface area contributed by atoms with E-state index < -0.39 is 0 Å². The molecule has 1 saturated heterocycles. The molecular formula is C17H28N2O2. The van der Waals surface area contributed by atoms with Crippen LogP contribution in [0.25, 0.3) is 0 Å². The molecule has 1 aromatic carbocycles. The van der Waals surface area contributed by atoms with Crippen molar-refractivity contribution in [2.24, 2.45) is 5.92 Å². The lowest BCUT2D eigenvalue weighted by atomic mass is 9.91. The number of rotatable bonds is 8. The van der Waals surface area contributed by atoms with E-state index in [2.05, 4.69) is 36.8 Å². The van der Waals surface area contributed by atoms with E-state index in [1.54, 1.807) is 0 Å². The van der Waals surface area contributed by atoms with E-state index in [1.807, 2.05) is 12.1 Å². The Balaban J connectivity index is 1.82. The van der Waals surface area contributed by atoms with Gasteiger partial charge in [0.15, 0.2) is 0 Å². The zero-order valence-corrected chi connectivity index (χ0v) is 13.1. The number of aliphatic hydroxyl groups excluding tert-OH is 1. The highest BCUT2D eigenvalue weighted by molar-refractivity contribution is 5.30. The van der Waals surface area contributed by atoms with Gasteiger partial charge >= 0.3 is 0 Å². The molecule has 0 bridgehead atoms. The highest BCUT2D eigenvalue weighted by atomic mass is 16.5. The fraction of sp³-hybridized carbons (Fsp3) is 0.647. The summed E-state index contributed by atoms with van der Waals surface area (Å²) in [5, 5.41) is 9.28. The first-order valence-corrected chi connectivity index (χ1v) is 8.11. The molecule has 0 spiro atoms. The van der Waals surface area contributed by atoms with Gasteiger partial charge in [0.05, 0.1) is 19.3 Å². The molecule has 4 heteroatoms. The van der Waals surface area contributed by atoms with Crippen LogP contribution in [0.4, 0.5) is 0 Å². The first-order chi connectivity index (χ1) is 10.3. The van der Waals surface area contributed by atoms with Crippen molar-refractivity contribution in [3.63, 3.8) is 0 Å². The Morgan fingerprint density at radius 2 is 1.86 bits per heavy atom. The SMILES string of the molecule is CCCCCCOc1ccc(C2NNC(CO)C2C)cc1. The Morgan fingerprint density at radius 3 is 2.48 bits per heavy atom. The van der Waals surface area contributed by atoms with Gasteiger partial charge in [0.25, 0.3) is 0 Å². The molecular weight excluding hydrogens is 264 g/mol. The van der Waals surface area contributed by atoms with Crippen molar-refractivity contribution >= 4 is 0 Å². The van der Waals surface area contributed by atoms with Crippen LogP contribution >= 0.6 is 0 Å². The standard InChI is InChI=1S/C17H28N2O2/c1-3-4-5-6-11-21-15-9-7-14(8-10-15)17-13(2)16(12-20)18-19-17/h7-10,13,16-20H,3-6,11-12H2,1-2H3. The summed E-state index contributed by atoms with van der Waals surface area (Å²) in [6, 6.07) is 8.64. The summed E-state index contributed by atoms with van der Waals surface area (Å²) in [5.74, 6) is 1.29. The van der Waals surface area contributed by atoms with Crippen LogP contribution < -0.4 is 15.6 Å². The van der Waals surface area contributed by atoms with Crippen LogP contribution in [-0.2, 0) is 0 Å². The average Bonchev–Trinajstić information content (AvgIpc) is 2.88. The van der Waals surface area contributed by atoms with Crippen molar-refractivity contribution in [3.05, 3.63) is 29.8 Å². The molecule has 1 aromatic rings. The lowest BCUT2D eigenvalue weighted by Crippen LogP contribution is -2.34. The van der Waals surface area contributed by atoms with Crippen molar-refractivity contribution in [2.75, 3.05) is 13.2 Å². The second-order valence-electron chi connectivity index (χ2n) is 5.89. The minimum Gasteiger partial charge on any atom is -0.494 e. The third-order valence-electron chi connectivity index (χ3n) is 4.29. The molecule has 21 heavy (non-hydrogen) atoms. The molecule has 0 saturated carbocycles. The van der Waals surface area contributed by atoms with Crippen LogP contribution in [0.2, 0.25) is 0 Å². The van der Waals surface area contributed by atoms with Crippen LogP contribution in [-0.4, -0.2) is 24.4 Å². The van der Waals surface area contributed by atoms with Gasteiger partial charge in [-0.15, -0.1) is 0 Å². The van der Waals surface area contributed by atoms with Gasteiger partial charge in [-0.25, -0.2) is 5.43 Å². The van der Waals surface area contributed by atoms with Gasteiger partial charge in [-0.2, -0.15) is 0 Å². The monoisotopic (exact) mass is 292 g/mol.